The van der Waals surface area contributed by atoms with E-state index >= 15 is 0 Å². The van der Waals surface area contributed by atoms with Crippen molar-refractivity contribution in [2.45, 2.75) is 20.3 Å². The summed E-state index contributed by atoms with van der Waals surface area (Å²) in [6.45, 7) is 3.59. The molecule has 4 rings (SSSR count). The topological polar surface area (TPSA) is 76.4 Å². The SMILES string of the molecule is Cc1cc(C)c(OCC(=O)NC(=S)Nc2ccc(Cc3nc4cc(Cl)cc(Cl)c4o3)cc2)c(Cl)c1. The van der Waals surface area contributed by atoms with Gasteiger partial charge in [-0.3, -0.25) is 10.1 Å². The first-order valence-corrected chi connectivity index (χ1v) is 12.1. The van der Waals surface area contributed by atoms with Crippen LogP contribution in [0.5, 0.6) is 5.75 Å². The van der Waals surface area contributed by atoms with Crippen LogP contribution in [0.15, 0.2) is 52.9 Å². The number of carbonyl (C=O) groups is 1. The first-order valence-electron chi connectivity index (χ1n) is 10.5. The normalized spacial score (nSPS) is 10.9. The molecule has 35 heavy (non-hydrogen) atoms. The van der Waals surface area contributed by atoms with Gasteiger partial charge in [0.25, 0.3) is 5.91 Å². The molecule has 0 unspecified atom stereocenters. The summed E-state index contributed by atoms with van der Waals surface area (Å²) >= 11 is 23.6. The second kappa shape index (κ2) is 10.8. The molecule has 1 amide bonds. The molecule has 0 saturated heterocycles. The molecule has 0 bridgehead atoms. The highest BCUT2D eigenvalue weighted by Crippen LogP contribution is 2.30. The monoisotopic (exact) mass is 547 g/mol. The molecule has 0 aliphatic carbocycles. The van der Waals surface area contributed by atoms with Crippen molar-refractivity contribution in [2.24, 2.45) is 0 Å². The number of nitrogens with zero attached hydrogens (tertiary/aromatic N) is 1. The number of aryl methyl sites for hydroxylation is 2. The van der Waals surface area contributed by atoms with Crippen LogP contribution < -0.4 is 15.4 Å². The summed E-state index contributed by atoms with van der Waals surface area (Å²) in [4.78, 5) is 16.7. The third-order valence-corrected chi connectivity index (χ3v) is 5.98. The molecule has 0 aliphatic heterocycles. The smallest absolute Gasteiger partial charge is 0.264 e. The van der Waals surface area contributed by atoms with Gasteiger partial charge in [-0.15, -0.1) is 0 Å². The summed E-state index contributed by atoms with van der Waals surface area (Å²) in [5, 5.41) is 7.10. The third kappa shape index (κ3) is 6.44. The number of rotatable bonds is 6. The summed E-state index contributed by atoms with van der Waals surface area (Å²) in [5.41, 5.74) is 4.68. The number of anilines is 1. The number of halogens is 3. The quantitative estimate of drug-likeness (QED) is 0.256. The zero-order valence-electron chi connectivity index (χ0n) is 18.7. The van der Waals surface area contributed by atoms with E-state index in [4.69, 9.17) is 56.2 Å². The van der Waals surface area contributed by atoms with Crippen molar-refractivity contribution in [3.05, 3.63) is 86.2 Å². The maximum atomic E-state index is 12.2. The number of benzene rings is 3. The molecule has 0 atom stereocenters. The Morgan fingerprint density at radius 1 is 1.06 bits per heavy atom. The van der Waals surface area contributed by atoms with Gasteiger partial charge in [-0.05, 0) is 73.1 Å². The van der Waals surface area contributed by atoms with E-state index in [0.717, 1.165) is 16.7 Å². The number of fused-ring (bicyclic) bond motifs is 1. The number of ether oxygens (including phenoxy) is 1. The number of hydrogen-bond acceptors (Lipinski definition) is 5. The van der Waals surface area contributed by atoms with Crippen LogP contribution in [0.3, 0.4) is 0 Å². The Hall–Kier alpha value is -2.84. The van der Waals surface area contributed by atoms with Gasteiger partial charge in [-0.2, -0.15) is 0 Å². The Kier molecular flexibility index (Phi) is 7.82. The second-order valence-corrected chi connectivity index (χ2v) is 9.56. The molecule has 0 spiro atoms. The van der Waals surface area contributed by atoms with Gasteiger partial charge in [-0.25, -0.2) is 4.98 Å². The van der Waals surface area contributed by atoms with Crippen molar-refractivity contribution in [3.63, 3.8) is 0 Å². The van der Waals surface area contributed by atoms with Gasteiger partial charge >= 0.3 is 0 Å². The molecule has 0 saturated carbocycles. The van der Waals surface area contributed by atoms with Crippen LogP contribution in [0.1, 0.15) is 22.6 Å². The average molecular weight is 549 g/mol. The number of hydrogen-bond donors (Lipinski definition) is 2. The average Bonchev–Trinajstić information content (AvgIpc) is 3.17. The number of nitrogens with one attached hydrogen (secondary N) is 2. The van der Waals surface area contributed by atoms with E-state index in [0.29, 0.717) is 49.9 Å². The Labute approximate surface area is 222 Å². The predicted molar refractivity (Wildman–Crippen MR) is 144 cm³/mol. The highest BCUT2D eigenvalue weighted by molar-refractivity contribution is 7.80. The molecule has 0 fully saturated rings. The van der Waals surface area contributed by atoms with E-state index in [1.54, 1.807) is 18.2 Å². The minimum atomic E-state index is -0.398. The minimum Gasteiger partial charge on any atom is -0.482 e. The van der Waals surface area contributed by atoms with E-state index in [2.05, 4.69) is 15.6 Å². The van der Waals surface area contributed by atoms with Gasteiger partial charge in [0.05, 0.1) is 10.0 Å². The maximum Gasteiger partial charge on any atom is 0.264 e. The molecule has 3 aromatic carbocycles. The van der Waals surface area contributed by atoms with Gasteiger partial charge in [0.2, 0.25) is 0 Å². The van der Waals surface area contributed by atoms with Crippen LogP contribution in [0, 0.1) is 13.8 Å². The molecule has 0 aliphatic rings. The second-order valence-electron chi connectivity index (χ2n) is 7.90. The van der Waals surface area contributed by atoms with Crippen LogP contribution in [-0.2, 0) is 11.2 Å². The fourth-order valence-corrected chi connectivity index (χ4v) is 4.64. The zero-order chi connectivity index (χ0) is 25.1. The molecule has 10 heteroatoms. The Bertz CT molecular complexity index is 1400. The summed E-state index contributed by atoms with van der Waals surface area (Å²) < 4.78 is 11.3. The van der Waals surface area contributed by atoms with E-state index in [9.17, 15) is 4.79 Å². The van der Waals surface area contributed by atoms with E-state index in [1.165, 1.54) is 0 Å². The summed E-state index contributed by atoms with van der Waals surface area (Å²) in [5.74, 6) is 0.604. The molecule has 6 nitrogen and oxygen atoms in total. The third-order valence-electron chi connectivity index (χ3n) is 5.00. The highest BCUT2D eigenvalue weighted by atomic mass is 35.5. The van der Waals surface area contributed by atoms with Crippen molar-refractivity contribution in [2.75, 3.05) is 11.9 Å². The van der Waals surface area contributed by atoms with Crippen molar-refractivity contribution >= 4 is 74.8 Å². The molecule has 1 heterocycles. The molecule has 180 valence electrons. The molecule has 0 radical (unpaired) electrons. The number of aromatic nitrogens is 1. The van der Waals surface area contributed by atoms with Crippen molar-refractivity contribution in [1.29, 1.82) is 0 Å². The largest absolute Gasteiger partial charge is 0.482 e. The minimum absolute atomic E-state index is 0.156. The van der Waals surface area contributed by atoms with E-state index in [1.807, 2.05) is 44.2 Å². The number of amides is 1. The van der Waals surface area contributed by atoms with Crippen LogP contribution in [-0.4, -0.2) is 22.6 Å². The Morgan fingerprint density at radius 3 is 2.51 bits per heavy atom. The highest BCUT2D eigenvalue weighted by Gasteiger charge is 2.13. The standard InChI is InChI=1S/C25H20Cl3N3O3S/c1-13-7-14(2)23(18(27)8-13)33-12-21(32)31-25(35)29-17-5-3-15(4-6-17)9-22-30-20-11-16(26)10-19(28)24(20)34-22/h3-8,10-11H,9,12H2,1-2H3,(H2,29,31,32,35). The van der Waals surface area contributed by atoms with Crippen LogP contribution in [0.4, 0.5) is 5.69 Å². The summed E-state index contributed by atoms with van der Waals surface area (Å²) in [6, 6.07) is 14.5. The van der Waals surface area contributed by atoms with Crippen LogP contribution in [0.2, 0.25) is 15.1 Å². The lowest BCUT2D eigenvalue weighted by Gasteiger charge is -2.13. The fourth-order valence-electron chi connectivity index (χ4n) is 3.51. The molecule has 2 N–H and O–H groups in total. The predicted octanol–water partition coefficient (Wildman–Crippen LogP) is 6.89. The zero-order valence-corrected chi connectivity index (χ0v) is 21.8. The summed E-state index contributed by atoms with van der Waals surface area (Å²) in [6.07, 6.45) is 0.475. The Morgan fingerprint density at radius 2 is 1.80 bits per heavy atom. The maximum absolute atomic E-state index is 12.2. The van der Waals surface area contributed by atoms with Crippen molar-refractivity contribution in [3.8, 4) is 5.75 Å². The lowest BCUT2D eigenvalue weighted by Crippen LogP contribution is -2.37. The van der Waals surface area contributed by atoms with Gasteiger partial charge in [0.1, 0.15) is 11.3 Å². The summed E-state index contributed by atoms with van der Waals surface area (Å²) in [7, 11) is 0. The molecular formula is C25H20Cl3N3O3S. The Balaban J connectivity index is 1.30. The van der Waals surface area contributed by atoms with Gasteiger partial charge in [0.15, 0.2) is 23.2 Å². The van der Waals surface area contributed by atoms with E-state index < -0.39 is 5.91 Å². The fraction of sp³-hybridized carbons (Fsp3) is 0.160. The van der Waals surface area contributed by atoms with Crippen LogP contribution in [0.25, 0.3) is 11.1 Å². The van der Waals surface area contributed by atoms with Crippen molar-refractivity contribution < 1.29 is 13.9 Å². The number of carbonyl (C=O) groups excluding carboxylic acids is 1. The first-order chi connectivity index (χ1) is 16.7. The lowest BCUT2D eigenvalue weighted by molar-refractivity contribution is -0.121. The van der Waals surface area contributed by atoms with Crippen molar-refractivity contribution in [1.82, 2.24) is 10.3 Å². The van der Waals surface area contributed by atoms with Gasteiger partial charge in [0, 0.05) is 17.1 Å². The lowest BCUT2D eigenvalue weighted by atomic mass is 10.1. The molecule has 4 aromatic rings. The number of oxazole rings is 1. The van der Waals surface area contributed by atoms with Crippen LogP contribution >= 0.6 is 47.0 Å². The first kappa shape index (κ1) is 25.3. The van der Waals surface area contributed by atoms with Gasteiger partial charge in [-0.1, -0.05) is 53.0 Å². The van der Waals surface area contributed by atoms with Gasteiger partial charge < -0.3 is 14.5 Å². The van der Waals surface area contributed by atoms with E-state index in [-0.39, 0.29) is 11.7 Å². The molecular weight excluding hydrogens is 529 g/mol. The molecule has 1 aromatic heterocycles. The number of thiocarbonyl (C=S) groups is 1.